The molecule has 120 valence electrons. The SMILES string of the molecule is CCCNC(CCCC(C)C)C1CN(CCC)CCO1. The van der Waals surface area contributed by atoms with Crippen LogP contribution in [0.4, 0.5) is 0 Å². The molecule has 1 rings (SSSR count). The van der Waals surface area contributed by atoms with Crippen LogP contribution in [0.2, 0.25) is 0 Å². The van der Waals surface area contributed by atoms with Gasteiger partial charge in [-0.1, -0.05) is 40.5 Å². The van der Waals surface area contributed by atoms with Gasteiger partial charge in [-0.2, -0.15) is 0 Å². The molecule has 0 spiro atoms. The van der Waals surface area contributed by atoms with E-state index in [4.69, 9.17) is 4.74 Å². The highest BCUT2D eigenvalue weighted by Gasteiger charge is 2.27. The molecule has 3 nitrogen and oxygen atoms in total. The minimum absolute atomic E-state index is 0.383. The van der Waals surface area contributed by atoms with Crippen molar-refractivity contribution < 1.29 is 4.74 Å². The molecular weight excluding hydrogens is 248 g/mol. The number of morpholine rings is 1. The van der Waals surface area contributed by atoms with Gasteiger partial charge in [0.2, 0.25) is 0 Å². The molecule has 2 atom stereocenters. The van der Waals surface area contributed by atoms with Crippen molar-refractivity contribution in [3.63, 3.8) is 0 Å². The van der Waals surface area contributed by atoms with Crippen molar-refractivity contribution >= 4 is 0 Å². The van der Waals surface area contributed by atoms with Crippen LogP contribution in [0.15, 0.2) is 0 Å². The summed E-state index contributed by atoms with van der Waals surface area (Å²) in [6, 6.07) is 0.536. The van der Waals surface area contributed by atoms with Crippen LogP contribution in [0.3, 0.4) is 0 Å². The van der Waals surface area contributed by atoms with Crippen LogP contribution >= 0.6 is 0 Å². The van der Waals surface area contributed by atoms with Gasteiger partial charge in [-0.25, -0.2) is 0 Å². The lowest BCUT2D eigenvalue weighted by Gasteiger charge is -2.37. The van der Waals surface area contributed by atoms with Gasteiger partial charge in [-0.05, 0) is 38.3 Å². The fourth-order valence-corrected chi connectivity index (χ4v) is 2.99. The van der Waals surface area contributed by atoms with Gasteiger partial charge < -0.3 is 10.1 Å². The summed E-state index contributed by atoms with van der Waals surface area (Å²) in [6.45, 7) is 14.6. The standard InChI is InChI=1S/C17H36N2O/c1-5-10-18-16(9-7-8-15(3)4)17-14-19(11-6-2)12-13-20-17/h15-18H,5-14H2,1-4H3. The molecule has 1 saturated heterocycles. The maximum absolute atomic E-state index is 6.07. The highest BCUT2D eigenvalue weighted by Crippen LogP contribution is 2.16. The van der Waals surface area contributed by atoms with Gasteiger partial charge in [0.05, 0.1) is 12.7 Å². The first kappa shape index (κ1) is 17.9. The Morgan fingerprint density at radius 3 is 2.65 bits per heavy atom. The van der Waals surface area contributed by atoms with Gasteiger partial charge in [0.1, 0.15) is 0 Å². The third kappa shape index (κ3) is 7.05. The Bertz CT molecular complexity index is 231. The molecule has 0 saturated carbocycles. The monoisotopic (exact) mass is 284 g/mol. The van der Waals surface area contributed by atoms with Crippen molar-refractivity contribution in [1.82, 2.24) is 10.2 Å². The van der Waals surface area contributed by atoms with Gasteiger partial charge in [0, 0.05) is 19.1 Å². The number of hydrogen-bond donors (Lipinski definition) is 1. The lowest BCUT2D eigenvalue weighted by molar-refractivity contribution is -0.0479. The molecule has 1 aliphatic rings. The van der Waals surface area contributed by atoms with E-state index in [9.17, 15) is 0 Å². The summed E-state index contributed by atoms with van der Waals surface area (Å²) >= 11 is 0. The molecule has 3 heteroatoms. The Hall–Kier alpha value is -0.120. The van der Waals surface area contributed by atoms with E-state index in [2.05, 4.69) is 37.9 Å². The largest absolute Gasteiger partial charge is 0.374 e. The predicted molar refractivity (Wildman–Crippen MR) is 87.2 cm³/mol. The van der Waals surface area contributed by atoms with Crippen molar-refractivity contribution in [3.05, 3.63) is 0 Å². The number of ether oxygens (including phenoxy) is 1. The van der Waals surface area contributed by atoms with Crippen LogP contribution < -0.4 is 5.32 Å². The average Bonchev–Trinajstić information content (AvgIpc) is 2.43. The van der Waals surface area contributed by atoms with E-state index in [-0.39, 0.29) is 0 Å². The third-order valence-electron chi connectivity index (χ3n) is 4.12. The molecule has 0 radical (unpaired) electrons. The van der Waals surface area contributed by atoms with Gasteiger partial charge >= 0.3 is 0 Å². The molecule has 20 heavy (non-hydrogen) atoms. The molecular formula is C17H36N2O. The van der Waals surface area contributed by atoms with Gasteiger partial charge in [0.25, 0.3) is 0 Å². The first-order valence-electron chi connectivity index (χ1n) is 8.74. The average molecular weight is 284 g/mol. The molecule has 1 N–H and O–H groups in total. The number of nitrogens with zero attached hydrogens (tertiary/aromatic N) is 1. The number of hydrogen-bond acceptors (Lipinski definition) is 3. The Morgan fingerprint density at radius 2 is 2.00 bits per heavy atom. The maximum atomic E-state index is 6.07. The summed E-state index contributed by atoms with van der Waals surface area (Å²) in [5.41, 5.74) is 0. The summed E-state index contributed by atoms with van der Waals surface area (Å²) in [6.07, 6.45) is 6.72. The molecule has 1 heterocycles. The lowest BCUT2D eigenvalue weighted by Crippen LogP contribution is -2.52. The Balaban J connectivity index is 2.43. The fourth-order valence-electron chi connectivity index (χ4n) is 2.99. The second-order valence-corrected chi connectivity index (χ2v) is 6.60. The van der Waals surface area contributed by atoms with Crippen LogP contribution in [-0.4, -0.2) is 49.8 Å². The van der Waals surface area contributed by atoms with E-state index >= 15 is 0 Å². The quantitative estimate of drug-likeness (QED) is 0.666. The molecule has 0 aromatic carbocycles. The summed E-state index contributed by atoms with van der Waals surface area (Å²) in [4.78, 5) is 2.57. The Kier molecular flexibility index (Phi) is 9.49. The van der Waals surface area contributed by atoms with Crippen LogP contribution in [0.25, 0.3) is 0 Å². The zero-order valence-corrected chi connectivity index (χ0v) is 14.2. The summed E-state index contributed by atoms with van der Waals surface area (Å²) in [7, 11) is 0. The molecule has 1 aliphatic heterocycles. The summed E-state index contributed by atoms with van der Waals surface area (Å²) in [5.74, 6) is 0.811. The molecule has 2 unspecified atom stereocenters. The Labute approximate surface area is 126 Å². The van der Waals surface area contributed by atoms with E-state index in [1.165, 1.54) is 38.6 Å². The van der Waals surface area contributed by atoms with E-state index in [0.29, 0.717) is 12.1 Å². The topological polar surface area (TPSA) is 24.5 Å². The van der Waals surface area contributed by atoms with Gasteiger partial charge in [-0.3, -0.25) is 4.90 Å². The van der Waals surface area contributed by atoms with Crippen molar-refractivity contribution in [1.29, 1.82) is 0 Å². The van der Waals surface area contributed by atoms with Gasteiger partial charge in [-0.15, -0.1) is 0 Å². The molecule has 0 aliphatic carbocycles. The normalized spacial score (nSPS) is 22.4. The van der Waals surface area contributed by atoms with E-state index in [1.54, 1.807) is 0 Å². The zero-order chi connectivity index (χ0) is 14.8. The minimum Gasteiger partial charge on any atom is -0.374 e. The smallest absolute Gasteiger partial charge is 0.0855 e. The van der Waals surface area contributed by atoms with Crippen molar-refractivity contribution in [2.75, 3.05) is 32.8 Å². The second kappa shape index (κ2) is 10.6. The predicted octanol–water partition coefficient (Wildman–Crippen LogP) is 3.29. The fraction of sp³-hybridized carbons (Fsp3) is 1.00. The number of rotatable bonds is 10. The van der Waals surface area contributed by atoms with Gasteiger partial charge in [0.15, 0.2) is 0 Å². The lowest BCUT2D eigenvalue weighted by atomic mass is 9.98. The van der Waals surface area contributed by atoms with Crippen molar-refractivity contribution in [2.24, 2.45) is 5.92 Å². The van der Waals surface area contributed by atoms with Crippen molar-refractivity contribution in [2.45, 2.75) is 71.9 Å². The molecule has 1 fully saturated rings. The minimum atomic E-state index is 0.383. The third-order valence-corrected chi connectivity index (χ3v) is 4.12. The molecule has 0 aromatic heterocycles. The molecule has 0 amide bonds. The molecule has 0 aromatic rings. The van der Waals surface area contributed by atoms with Crippen LogP contribution in [-0.2, 0) is 4.74 Å². The maximum Gasteiger partial charge on any atom is 0.0855 e. The Morgan fingerprint density at radius 1 is 1.20 bits per heavy atom. The first-order valence-corrected chi connectivity index (χ1v) is 8.74. The molecule has 0 bridgehead atoms. The zero-order valence-electron chi connectivity index (χ0n) is 14.2. The van der Waals surface area contributed by atoms with Crippen molar-refractivity contribution in [3.8, 4) is 0 Å². The first-order chi connectivity index (χ1) is 9.67. The van der Waals surface area contributed by atoms with E-state index in [0.717, 1.165) is 32.2 Å². The highest BCUT2D eigenvalue weighted by atomic mass is 16.5. The van der Waals surface area contributed by atoms with Crippen LogP contribution in [0.1, 0.15) is 59.8 Å². The second-order valence-electron chi connectivity index (χ2n) is 6.60. The van der Waals surface area contributed by atoms with E-state index in [1.807, 2.05) is 0 Å². The highest BCUT2D eigenvalue weighted by molar-refractivity contribution is 4.83. The van der Waals surface area contributed by atoms with Crippen LogP contribution in [0.5, 0.6) is 0 Å². The summed E-state index contributed by atoms with van der Waals surface area (Å²) < 4.78 is 6.07. The summed E-state index contributed by atoms with van der Waals surface area (Å²) in [5, 5.41) is 3.72. The number of nitrogens with one attached hydrogen (secondary N) is 1. The van der Waals surface area contributed by atoms with E-state index < -0.39 is 0 Å². The van der Waals surface area contributed by atoms with Crippen LogP contribution in [0, 0.1) is 5.92 Å².